The molecule has 0 radical (unpaired) electrons. The van der Waals surface area contributed by atoms with Crippen LogP contribution in [0.3, 0.4) is 0 Å². The Bertz CT molecular complexity index is 1170. The van der Waals surface area contributed by atoms with E-state index in [1.165, 1.54) is 17.3 Å². The van der Waals surface area contributed by atoms with E-state index in [-0.39, 0.29) is 11.7 Å². The smallest absolute Gasteiger partial charge is 0.234 e. The first kappa shape index (κ1) is 21.5. The summed E-state index contributed by atoms with van der Waals surface area (Å²) < 4.78 is 1.97. The Kier molecular flexibility index (Phi) is 6.72. The van der Waals surface area contributed by atoms with Crippen LogP contribution < -0.4 is 16.4 Å². The first-order valence-corrected chi connectivity index (χ1v) is 11.2. The number of hydrogen-bond acceptors (Lipinski definition) is 6. The molecule has 0 atom stereocenters. The van der Waals surface area contributed by atoms with Crippen LogP contribution in [0.2, 0.25) is 0 Å². The van der Waals surface area contributed by atoms with Crippen LogP contribution in [-0.4, -0.2) is 26.4 Å². The van der Waals surface area contributed by atoms with Crippen molar-refractivity contribution in [1.82, 2.24) is 14.8 Å². The molecule has 1 aromatic heterocycles. The second-order valence-electron chi connectivity index (χ2n) is 7.25. The first-order chi connectivity index (χ1) is 15.6. The Morgan fingerprint density at radius 2 is 1.62 bits per heavy atom. The molecule has 32 heavy (non-hydrogen) atoms. The summed E-state index contributed by atoms with van der Waals surface area (Å²) in [6, 6.07) is 25.1. The zero-order chi connectivity index (χ0) is 22.3. The summed E-state index contributed by atoms with van der Waals surface area (Å²) in [5.74, 6) is 0.848. The number of nitrogens with one attached hydrogen (secondary N) is 2. The van der Waals surface area contributed by atoms with Crippen LogP contribution in [0.4, 0.5) is 17.1 Å². The van der Waals surface area contributed by atoms with E-state index in [1.807, 2.05) is 47.0 Å². The van der Waals surface area contributed by atoms with Gasteiger partial charge in [0.1, 0.15) is 0 Å². The van der Waals surface area contributed by atoms with Gasteiger partial charge >= 0.3 is 0 Å². The molecule has 3 aromatic carbocycles. The van der Waals surface area contributed by atoms with Crippen LogP contribution in [0.25, 0.3) is 5.69 Å². The molecule has 0 unspecified atom stereocenters. The lowest BCUT2D eigenvalue weighted by Crippen LogP contribution is -2.15. The minimum absolute atomic E-state index is 0.123. The van der Waals surface area contributed by atoms with Crippen LogP contribution in [0.5, 0.6) is 0 Å². The highest BCUT2D eigenvalue weighted by molar-refractivity contribution is 7.99. The number of anilines is 3. The monoisotopic (exact) mass is 444 g/mol. The van der Waals surface area contributed by atoms with Crippen molar-refractivity contribution in [2.45, 2.75) is 18.6 Å². The van der Waals surface area contributed by atoms with Gasteiger partial charge in [0, 0.05) is 22.7 Å². The number of thioether (sulfide) groups is 1. The summed E-state index contributed by atoms with van der Waals surface area (Å²) >= 11 is 1.34. The maximum Gasteiger partial charge on any atom is 0.234 e. The second kappa shape index (κ2) is 10.0. The third-order valence-electron chi connectivity index (χ3n) is 4.74. The molecule has 0 saturated heterocycles. The van der Waals surface area contributed by atoms with Gasteiger partial charge < -0.3 is 16.4 Å². The number of rotatable bonds is 8. The predicted molar refractivity (Wildman–Crippen MR) is 130 cm³/mol. The number of hydrogen-bond donors (Lipinski definition) is 3. The predicted octanol–water partition coefficient (Wildman–Crippen LogP) is 4.50. The normalized spacial score (nSPS) is 10.7. The molecule has 1 heterocycles. The van der Waals surface area contributed by atoms with Gasteiger partial charge in [0.2, 0.25) is 5.91 Å². The van der Waals surface area contributed by atoms with E-state index in [2.05, 4.69) is 39.9 Å². The summed E-state index contributed by atoms with van der Waals surface area (Å²) in [5, 5.41) is 15.6. The zero-order valence-corrected chi connectivity index (χ0v) is 18.5. The molecule has 0 saturated carbocycles. The van der Waals surface area contributed by atoms with Crippen molar-refractivity contribution in [2.24, 2.45) is 0 Å². The fourth-order valence-electron chi connectivity index (χ4n) is 3.09. The lowest BCUT2D eigenvalue weighted by atomic mass is 10.2. The van der Waals surface area contributed by atoms with Gasteiger partial charge in [-0.1, -0.05) is 47.7 Å². The molecule has 7 nitrogen and oxygen atoms in total. The van der Waals surface area contributed by atoms with Crippen LogP contribution in [0.1, 0.15) is 11.4 Å². The van der Waals surface area contributed by atoms with E-state index in [4.69, 9.17) is 5.73 Å². The molecule has 1 amide bonds. The van der Waals surface area contributed by atoms with Crippen LogP contribution in [0.15, 0.2) is 84.0 Å². The maximum atomic E-state index is 12.4. The number of nitrogen functional groups attached to an aromatic ring is 1. The van der Waals surface area contributed by atoms with Crippen molar-refractivity contribution in [2.75, 3.05) is 22.1 Å². The van der Waals surface area contributed by atoms with Gasteiger partial charge in [-0.25, -0.2) is 0 Å². The van der Waals surface area contributed by atoms with Gasteiger partial charge in [-0.2, -0.15) is 0 Å². The Labute approximate surface area is 191 Å². The molecule has 0 spiro atoms. The molecule has 162 valence electrons. The SMILES string of the molecule is Cc1ccc(NCc2nnc(SCC(=O)Nc3ccc(N)cc3)n2-c2ccccc2)cc1. The molecule has 4 N–H and O–H groups in total. The van der Waals surface area contributed by atoms with Crippen LogP contribution in [-0.2, 0) is 11.3 Å². The fraction of sp³-hybridized carbons (Fsp3) is 0.125. The van der Waals surface area contributed by atoms with Crippen molar-refractivity contribution in [3.05, 3.63) is 90.3 Å². The molecule has 4 aromatic rings. The van der Waals surface area contributed by atoms with Crippen molar-refractivity contribution in [3.63, 3.8) is 0 Å². The number of nitrogens with two attached hydrogens (primary N) is 1. The molecule has 0 bridgehead atoms. The minimum Gasteiger partial charge on any atom is -0.399 e. The van der Waals surface area contributed by atoms with E-state index in [9.17, 15) is 4.79 Å². The van der Waals surface area contributed by atoms with E-state index < -0.39 is 0 Å². The molecular weight excluding hydrogens is 420 g/mol. The highest BCUT2D eigenvalue weighted by Gasteiger charge is 2.16. The quantitative estimate of drug-likeness (QED) is 0.273. The van der Waals surface area contributed by atoms with E-state index >= 15 is 0 Å². The lowest BCUT2D eigenvalue weighted by molar-refractivity contribution is -0.113. The lowest BCUT2D eigenvalue weighted by Gasteiger charge is -2.11. The average molecular weight is 445 g/mol. The molecule has 0 fully saturated rings. The van der Waals surface area contributed by atoms with Crippen molar-refractivity contribution in [3.8, 4) is 5.69 Å². The third kappa shape index (κ3) is 5.47. The maximum absolute atomic E-state index is 12.4. The van der Waals surface area contributed by atoms with Crippen molar-refractivity contribution in [1.29, 1.82) is 0 Å². The molecule has 0 aliphatic rings. The molecule has 0 aliphatic heterocycles. The van der Waals surface area contributed by atoms with Crippen LogP contribution >= 0.6 is 11.8 Å². The van der Waals surface area contributed by atoms with E-state index in [0.29, 0.717) is 23.1 Å². The van der Waals surface area contributed by atoms with Gasteiger partial charge in [-0.3, -0.25) is 9.36 Å². The number of aromatic nitrogens is 3. The Hall–Kier alpha value is -3.78. The highest BCUT2D eigenvalue weighted by Crippen LogP contribution is 2.23. The average Bonchev–Trinajstić information content (AvgIpc) is 3.22. The number of benzene rings is 3. The number of aryl methyl sites for hydroxylation is 1. The number of carbonyl (C=O) groups excluding carboxylic acids is 1. The first-order valence-electron chi connectivity index (χ1n) is 10.2. The zero-order valence-electron chi connectivity index (χ0n) is 17.7. The Balaban J connectivity index is 1.48. The largest absolute Gasteiger partial charge is 0.399 e. The number of nitrogens with zero attached hydrogens (tertiary/aromatic N) is 3. The molecule has 4 rings (SSSR count). The summed E-state index contributed by atoms with van der Waals surface area (Å²) in [6.07, 6.45) is 0. The summed E-state index contributed by atoms with van der Waals surface area (Å²) in [5.41, 5.74) is 10.2. The molecule has 8 heteroatoms. The van der Waals surface area contributed by atoms with E-state index in [1.54, 1.807) is 24.3 Å². The van der Waals surface area contributed by atoms with Gasteiger partial charge in [-0.15, -0.1) is 10.2 Å². The van der Waals surface area contributed by atoms with E-state index in [0.717, 1.165) is 17.2 Å². The summed E-state index contributed by atoms with van der Waals surface area (Å²) in [7, 11) is 0. The number of carbonyl (C=O) groups is 1. The van der Waals surface area contributed by atoms with Crippen LogP contribution in [0, 0.1) is 6.92 Å². The standard InChI is InChI=1S/C24H24N6OS/c1-17-7-11-19(12-8-17)26-15-22-28-29-24(30(22)21-5-3-2-4-6-21)32-16-23(31)27-20-13-9-18(25)10-14-20/h2-14,26H,15-16,25H2,1H3,(H,27,31). The fourth-order valence-corrected chi connectivity index (χ4v) is 3.86. The highest BCUT2D eigenvalue weighted by atomic mass is 32.2. The number of amides is 1. The van der Waals surface area contributed by atoms with Crippen molar-refractivity contribution >= 4 is 34.7 Å². The Morgan fingerprint density at radius 1 is 0.938 bits per heavy atom. The molecular formula is C24H24N6OS. The summed E-state index contributed by atoms with van der Waals surface area (Å²) in [4.78, 5) is 12.4. The van der Waals surface area contributed by atoms with Crippen molar-refractivity contribution < 1.29 is 4.79 Å². The van der Waals surface area contributed by atoms with Gasteiger partial charge in [0.25, 0.3) is 0 Å². The topological polar surface area (TPSA) is 97.9 Å². The third-order valence-corrected chi connectivity index (χ3v) is 5.67. The second-order valence-corrected chi connectivity index (χ2v) is 8.19. The summed E-state index contributed by atoms with van der Waals surface area (Å²) in [6.45, 7) is 2.56. The minimum atomic E-state index is -0.123. The van der Waals surface area contributed by atoms with Gasteiger partial charge in [0.15, 0.2) is 11.0 Å². The van der Waals surface area contributed by atoms with Gasteiger partial charge in [-0.05, 0) is 55.5 Å². The molecule has 0 aliphatic carbocycles. The Morgan fingerprint density at radius 3 is 2.34 bits per heavy atom. The number of para-hydroxylation sites is 1. The van der Waals surface area contributed by atoms with Gasteiger partial charge in [0.05, 0.1) is 12.3 Å².